The molecule has 4 rings (SSSR count). The highest BCUT2D eigenvalue weighted by molar-refractivity contribution is 5.92. The van der Waals surface area contributed by atoms with E-state index < -0.39 is 0 Å². The van der Waals surface area contributed by atoms with E-state index in [2.05, 4.69) is 25.4 Å². The lowest BCUT2D eigenvalue weighted by molar-refractivity contribution is 0.0714. The van der Waals surface area contributed by atoms with Crippen LogP contribution in [0.5, 0.6) is 0 Å². The van der Waals surface area contributed by atoms with E-state index >= 15 is 0 Å². The smallest absolute Gasteiger partial charge is 0.274 e. The zero-order valence-electron chi connectivity index (χ0n) is 13.6. The monoisotopic (exact) mass is 327 g/mol. The molecule has 2 aromatic heterocycles. The van der Waals surface area contributed by atoms with E-state index in [0.717, 1.165) is 38.3 Å². The molecule has 2 aliphatic rings. The number of carbonyl (C=O) groups is 1. The molecule has 126 valence electrons. The van der Waals surface area contributed by atoms with E-state index in [4.69, 9.17) is 0 Å². The summed E-state index contributed by atoms with van der Waals surface area (Å²) in [7, 11) is 0. The minimum Gasteiger partial charge on any atom is -0.355 e. The minimum absolute atomic E-state index is 0.0434. The van der Waals surface area contributed by atoms with Crippen molar-refractivity contribution < 1.29 is 4.79 Å². The quantitative estimate of drug-likeness (QED) is 0.832. The van der Waals surface area contributed by atoms with Crippen LogP contribution in [0.1, 0.15) is 36.2 Å². The Morgan fingerprint density at radius 2 is 2.00 bits per heavy atom. The molecule has 0 radical (unpaired) electrons. The number of amides is 1. The van der Waals surface area contributed by atoms with Gasteiger partial charge in [-0.1, -0.05) is 5.21 Å². The Kier molecular flexibility index (Phi) is 4.10. The maximum atomic E-state index is 12.8. The summed E-state index contributed by atoms with van der Waals surface area (Å²) in [4.78, 5) is 16.9. The third-order valence-corrected chi connectivity index (χ3v) is 4.81. The van der Waals surface area contributed by atoms with Gasteiger partial charge in [0.2, 0.25) is 0 Å². The summed E-state index contributed by atoms with van der Waals surface area (Å²) in [6, 6.07) is 3.85. The zero-order valence-corrected chi connectivity index (χ0v) is 13.6. The summed E-state index contributed by atoms with van der Waals surface area (Å²) in [5.41, 5.74) is 0.420. The van der Waals surface area contributed by atoms with Crippen LogP contribution in [0.3, 0.4) is 0 Å². The topological polar surface area (TPSA) is 80.0 Å². The fraction of sp³-hybridized carbons (Fsp3) is 0.562. The maximum Gasteiger partial charge on any atom is 0.274 e. The highest BCUT2D eigenvalue weighted by Crippen LogP contribution is 2.22. The number of rotatable bonds is 4. The lowest BCUT2D eigenvalue weighted by Crippen LogP contribution is -2.38. The van der Waals surface area contributed by atoms with Gasteiger partial charge in [0.1, 0.15) is 0 Å². The van der Waals surface area contributed by atoms with Crippen LogP contribution < -0.4 is 4.90 Å². The third-order valence-electron chi connectivity index (χ3n) is 4.81. The van der Waals surface area contributed by atoms with Gasteiger partial charge in [-0.2, -0.15) is 0 Å². The summed E-state index contributed by atoms with van der Waals surface area (Å²) >= 11 is 0. The van der Waals surface area contributed by atoms with Gasteiger partial charge < -0.3 is 9.80 Å². The Balaban J connectivity index is 1.45. The van der Waals surface area contributed by atoms with Crippen LogP contribution in [-0.2, 0) is 6.54 Å². The van der Waals surface area contributed by atoms with Gasteiger partial charge in [0.25, 0.3) is 5.91 Å². The highest BCUT2D eigenvalue weighted by Gasteiger charge is 2.31. The summed E-state index contributed by atoms with van der Waals surface area (Å²) in [6.45, 7) is 3.47. The molecule has 0 spiro atoms. The second-order valence-electron chi connectivity index (χ2n) is 6.39. The minimum atomic E-state index is -0.0434. The summed E-state index contributed by atoms with van der Waals surface area (Å²) in [6.07, 6.45) is 7.85. The van der Waals surface area contributed by atoms with Crippen LogP contribution >= 0.6 is 0 Å². The summed E-state index contributed by atoms with van der Waals surface area (Å²) in [5, 5.41) is 16.3. The zero-order chi connectivity index (χ0) is 16.4. The van der Waals surface area contributed by atoms with Gasteiger partial charge in [0.15, 0.2) is 11.5 Å². The van der Waals surface area contributed by atoms with Gasteiger partial charge in [0, 0.05) is 25.8 Å². The van der Waals surface area contributed by atoms with E-state index in [1.54, 1.807) is 16.9 Å². The number of carbonyl (C=O) groups excluding carboxylic acids is 1. The lowest BCUT2D eigenvalue weighted by atomic mass is 10.2. The van der Waals surface area contributed by atoms with Crippen molar-refractivity contribution in [2.75, 3.05) is 24.5 Å². The average molecular weight is 327 g/mol. The molecule has 0 aliphatic carbocycles. The van der Waals surface area contributed by atoms with Crippen molar-refractivity contribution in [3.05, 3.63) is 30.2 Å². The Labute approximate surface area is 140 Å². The fourth-order valence-corrected chi connectivity index (χ4v) is 3.54. The molecule has 2 aromatic rings. The SMILES string of the molecule is O=C(c1ccc(N2CCCC2)nn1)N1CCC[C@H]1Cn1ccnn1. The molecule has 2 aliphatic heterocycles. The van der Waals surface area contributed by atoms with Crippen LogP contribution in [0.15, 0.2) is 24.5 Å². The first-order chi connectivity index (χ1) is 11.8. The number of aromatic nitrogens is 5. The molecule has 4 heterocycles. The molecule has 0 saturated carbocycles. The van der Waals surface area contributed by atoms with Crippen LogP contribution in [0.25, 0.3) is 0 Å². The van der Waals surface area contributed by atoms with Crippen molar-refractivity contribution in [3.63, 3.8) is 0 Å². The predicted molar refractivity (Wildman–Crippen MR) is 87.6 cm³/mol. The fourth-order valence-electron chi connectivity index (χ4n) is 3.54. The first-order valence-corrected chi connectivity index (χ1v) is 8.55. The normalized spacial score (nSPS) is 20.8. The maximum absolute atomic E-state index is 12.8. The van der Waals surface area contributed by atoms with Crippen LogP contribution in [0.2, 0.25) is 0 Å². The molecule has 0 unspecified atom stereocenters. The van der Waals surface area contributed by atoms with Gasteiger partial charge >= 0.3 is 0 Å². The molecule has 0 N–H and O–H groups in total. The molecule has 2 saturated heterocycles. The highest BCUT2D eigenvalue weighted by atomic mass is 16.2. The first kappa shape index (κ1) is 15.0. The molecule has 0 aromatic carbocycles. The van der Waals surface area contributed by atoms with Crippen molar-refractivity contribution >= 4 is 11.7 Å². The Bertz CT molecular complexity index is 679. The van der Waals surface area contributed by atoms with Crippen LogP contribution in [0.4, 0.5) is 5.82 Å². The van der Waals surface area contributed by atoms with Crippen molar-refractivity contribution in [1.82, 2.24) is 30.1 Å². The van der Waals surface area contributed by atoms with E-state index in [0.29, 0.717) is 12.2 Å². The number of hydrogen-bond acceptors (Lipinski definition) is 6. The Morgan fingerprint density at radius 3 is 2.71 bits per heavy atom. The molecule has 8 nitrogen and oxygen atoms in total. The van der Waals surface area contributed by atoms with Crippen molar-refractivity contribution in [2.45, 2.75) is 38.3 Å². The van der Waals surface area contributed by atoms with Gasteiger partial charge in [0.05, 0.1) is 18.8 Å². The molecule has 1 atom stereocenters. The van der Waals surface area contributed by atoms with E-state index in [1.165, 1.54) is 12.8 Å². The van der Waals surface area contributed by atoms with Crippen LogP contribution in [0, 0.1) is 0 Å². The van der Waals surface area contributed by atoms with E-state index in [1.807, 2.05) is 17.2 Å². The molecular weight excluding hydrogens is 306 g/mol. The van der Waals surface area contributed by atoms with Crippen LogP contribution in [-0.4, -0.2) is 61.7 Å². The second kappa shape index (κ2) is 6.54. The molecular formula is C16H21N7O. The number of likely N-dealkylation sites (tertiary alicyclic amines) is 1. The molecule has 8 heteroatoms. The lowest BCUT2D eigenvalue weighted by Gasteiger charge is -2.24. The number of nitrogens with zero attached hydrogens (tertiary/aromatic N) is 7. The Morgan fingerprint density at radius 1 is 1.12 bits per heavy atom. The first-order valence-electron chi connectivity index (χ1n) is 8.55. The van der Waals surface area contributed by atoms with Gasteiger partial charge in [-0.05, 0) is 37.8 Å². The van der Waals surface area contributed by atoms with Gasteiger partial charge in [-0.3, -0.25) is 9.48 Å². The van der Waals surface area contributed by atoms with Crippen molar-refractivity contribution in [3.8, 4) is 0 Å². The summed E-state index contributed by atoms with van der Waals surface area (Å²) < 4.78 is 1.78. The molecule has 1 amide bonds. The molecule has 24 heavy (non-hydrogen) atoms. The van der Waals surface area contributed by atoms with E-state index in [9.17, 15) is 4.79 Å². The predicted octanol–water partition coefficient (Wildman–Crippen LogP) is 0.973. The average Bonchev–Trinajstić information content (AvgIpc) is 3.37. The van der Waals surface area contributed by atoms with E-state index in [-0.39, 0.29) is 11.9 Å². The standard InChI is InChI=1S/C16H21N7O/c24-16(14-5-6-15(19-18-14)21-8-1-2-9-21)23-10-3-4-13(23)12-22-11-7-17-20-22/h5-7,11,13H,1-4,8-10,12H2/t13-/m0/s1. The Hall–Kier alpha value is -2.51. The molecule has 0 bridgehead atoms. The second-order valence-corrected chi connectivity index (χ2v) is 6.39. The van der Waals surface area contributed by atoms with Crippen molar-refractivity contribution in [1.29, 1.82) is 0 Å². The number of hydrogen-bond donors (Lipinski definition) is 0. The van der Waals surface area contributed by atoms with Crippen molar-refractivity contribution in [2.24, 2.45) is 0 Å². The van der Waals surface area contributed by atoms with Gasteiger partial charge in [-0.25, -0.2) is 0 Å². The largest absolute Gasteiger partial charge is 0.355 e. The summed E-state index contributed by atoms with van der Waals surface area (Å²) in [5.74, 6) is 0.822. The van der Waals surface area contributed by atoms with Gasteiger partial charge in [-0.15, -0.1) is 15.3 Å². The third kappa shape index (κ3) is 2.95. The molecule has 2 fully saturated rings. The number of anilines is 1.